The average molecular weight is 395 g/mol. The van der Waals surface area contributed by atoms with Gasteiger partial charge in [-0.05, 0) is 48.2 Å². The number of morpholine rings is 1. The second kappa shape index (κ2) is 8.71. The van der Waals surface area contributed by atoms with Gasteiger partial charge in [-0.15, -0.1) is 0 Å². The lowest BCUT2D eigenvalue weighted by molar-refractivity contribution is -0.155. The standard InChI is InChI=1S/C22H25N3O4/c26-20-14-29-13-19(25(20)12-15-8-10-23-11-9-15)21(27)16-4-6-18(7-5-16)24-22(28)17-2-1-3-17/h4-11,17,19,21,27H,1-3,12-14H2,(H,24,28)/t19-,21-/m1/s1. The van der Waals surface area contributed by atoms with E-state index in [0.717, 1.165) is 24.8 Å². The topological polar surface area (TPSA) is 91.8 Å². The number of nitrogens with zero attached hydrogens (tertiary/aromatic N) is 2. The zero-order chi connectivity index (χ0) is 20.2. The molecule has 29 heavy (non-hydrogen) atoms. The minimum atomic E-state index is -0.891. The van der Waals surface area contributed by atoms with E-state index in [0.29, 0.717) is 17.8 Å². The van der Waals surface area contributed by atoms with Crippen LogP contribution in [-0.4, -0.2) is 46.1 Å². The molecule has 1 aliphatic carbocycles. The molecule has 2 aliphatic rings. The van der Waals surface area contributed by atoms with Crippen LogP contribution in [0.15, 0.2) is 48.8 Å². The predicted octanol–water partition coefficient (Wildman–Crippen LogP) is 2.28. The molecule has 0 unspecified atom stereocenters. The van der Waals surface area contributed by atoms with Gasteiger partial charge >= 0.3 is 0 Å². The smallest absolute Gasteiger partial charge is 0.249 e. The van der Waals surface area contributed by atoms with Crippen LogP contribution in [-0.2, 0) is 20.9 Å². The quantitative estimate of drug-likeness (QED) is 0.783. The minimum absolute atomic E-state index is 0.0143. The molecule has 0 radical (unpaired) electrons. The van der Waals surface area contributed by atoms with Crippen LogP contribution < -0.4 is 5.32 Å². The Labute approximate surface area is 169 Å². The number of pyridine rings is 1. The Hall–Kier alpha value is -2.77. The highest BCUT2D eigenvalue weighted by Crippen LogP contribution is 2.29. The Morgan fingerprint density at radius 3 is 2.59 bits per heavy atom. The summed E-state index contributed by atoms with van der Waals surface area (Å²) in [7, 11) is 0. The molecule has 2 fully saturated rings. The van der Waals surface area contributed by atoms with Crippen molar-refractivity contribution in [3.05, 3.63) is 59.9 Å². The number of aliphatic hydroxyl groups excluding tert-OH is 1. The number of ether oxygens (including phenoxy) is 1. The van der Waals surface area contributed by atoms with E-state index in [4.69, 9.17) is 4.74 Å². The molecule has 1 saturated heterocycles. The summed E-state index contributed by atoms with van der Waals surface area (Å²) < 4.78 is 5.41. The largest absolute Gasteiger partial charge is 0.386 e. The van der Waals surface area contributed by atoms with Crippen molar-refractivity contribution in [3.8, 4) is 0 Å². The number of carbonyl (C=O) groups excluding carboxylic acids is 2. The molecule has 2 aromatic rings. The second-order valence-electron chi connectivity index (χ2n) is 7.64. The molecular formula is C22H25N3O4. The summed E-state index contributed by atoms with van der Waals surface area (Å²) in [6, 6.07) is 10.4. The van der Waals surface area contributed by atoms with Crippen LogP contribution in [0.1, 0.15) is 36.5 Å². The van der Waals surface area contributed by atoms with Crippen molar-refractivity contribution in [1.82, 2.24) is 9.88 Å². The highest BCUT2D eigenvalue weighted by atomic mass is 16.5. The number of rotatable bonds is 6. The number of aromatic nitrogens is 1. The lowest BCUT2D eigenvalue weighted by Crippen LogP contribution is -2.51. The molecule has 2 heterocycles. The second-order valence-corrected chi connectivity index (χ2v) is 7.64. The fourth-order valence-corrected chi connectivity index (χ4v) is 3.68. The van der Waals surface area contributed by atoms with E-state index in [1.807, 2.05) is 12.1 Å². The highest BCUT2D eigenvalue weighted by molar-refractivity contribution is 5.93. The Kier molecular flexibility index (Phi) is 5.87. The van der Waals surface area contributed by atoms with E-state index in [2.05, 4.69) is 10.3 Å². The van der Waals surface area contributed by atoms with Gasteiger partial charge in [-0.1, -0.05) is 18.6 Å². The zero-order valence-corrected chi connectivity index (χ0v) is 16.2. The van der Waals surface area contributed by atoms with E-state index < -0.39 is 12.1 Å². The van der Waals surface area contributed by atoms with Gasteiger partial charge in [0.2, 0.25) is 11.8 Å². The Morgan fingerprint density at radius 1 is 1.21 bits per heavy atom. The summed E-state index contributed by atoms with van der Waals surface area (Å²) in [6.07, 6.45) is 5.49. The average Bonchev–Trinajstić information content (AvgIpc) is 2.69. The van der Waals surface area contributed by atoms with Gasteiger partial charge in [-0.2, -0.15) is 0 Å². The summed E-state index contributed by atoms with van der Waals surface area (Å²) >= 11 is 0. The minimum Gasteiger partial charge on any atom is -0.386 e. The van der Waals surface area contributed by atoms with Crippen molar-refractivity contribution >= 4 is 17.5 Å². The Bertz CT molecular complexity index is 852. The molecule has 7 nitrogen and oxygen atoms in total. The maximum Gasteiger partial charge on any atom is 0.249 e. The zero-order valence-electron chi connectivity index (χ0n) is 16.2. The maximum atomic E-state index is 12.4. The number of aliphatic hydroxyl groups is 1. The summed E-state index contributed by atoms with van der Waals surface area (Å²) in [6.45, 7) is 0.667. The SMILES string of the molecule is O=C(Nc1ccc([C@@H](O)[C@H]2COCC(=O)N2Cc2ccncc2)cc1)C1CCC1. The molecule has 2 N–H and O–H groups in total. The summed E-state index contributed by atoms with van der Waals surface area (Å²) in [4.78, 5) is 30.2. The van der Waals surface area contributed by atoms with Crippen molar-refractivity contribution in [2.45, 2.75) is 38.0 Å². The van der Waals surface area contributed by atoms with E-state index in [1.165, 1.54) is 0 Å². The van der Waals surface area contributed by atoms with Crippen LogP contribution in [0.4, 0.5) is 5.69 Å². The van der Waals surface area contributed by atoms with Crippen molar-refractivity contribution in [3.63, 3.8) is 0 Å². The molecule has 0 bridgehead atoms. The summed E-state index contributed by atoms with van der Waals surface area (Å²) in [5.41, 5.74) is 2.33. The number of anilines is 1. The first-order chi connectivity index (χ1) is 14.1. The molecule has 0 spiro atoms. The van der Waals surface area contributed by atoms with Gasteiger partial charge in [0.25, 0.3) is 0 Å². The Balaban J connectivity index is 1.45. The van der Waals surface area contributed by atoms with Crippen LogP contribution in [0.3, 0.4) is 0 Å². The first-order valence-corrected chi connectivity index (χ1v) is 9.97. The number of carbonyl (C=O) groups is 2. The monoisotopic (exact) mass is 395 g/mol. The van der Waals surface area contributed by atoms with Gasteiger partial charge < -0.3 is 20.1 Å². The third kappa shape index (κ3) is 4.46. The highest BCUT2D eigenvalue weighted by Gasteiger charge is 2.34. The van der Waals surface area contributed by atoms with Gasteiger partial charge in [-0.3, -0.25) is 14.6 Å². The van der Waals surface area contributed by atoms with E-state index in [9.17, 15) is 14.7 Å². The molecule has 1 saturated carbocycles. The van der Waals surface area contributed by atoms with Gasteiger partial charge in [0, 0.05) is 30.5 Å². The molecule has 7 heteroatoms. The molecule has 1 aromatic carbocycles. The van der Waals surface area contributed by atoms with Crippen molar-refractivity contribution < 1.29 is 19.4 Å². The Morgan fingerprint density at radius 2 is 1.93 bits per heavy atom. The van der Waals surface area contributed by atoms with Crippen LogP contribution in [0.2, 0.25) is 0 Å². The third-order valence-electron chi connectivity index (χ3n) is 5.70. The van der Waals surface area contributed by atoms with Gasteiger partial charge in [0.15, 0.2) is 0 Å². The predicted molar refractivity (Wildman–Crippen MR) is 107 cm³/mol. The van der Waals surface area contributed by atoms with Gasteiger partial charge in [-0.25, -0.2) is 0 Å². The van der Waals surface area contributed by atoms with Crippen LogP contribution in [0.25, 0.3) is 0 Å². The molecule has 2 amide bonds. The van der Waals surface area contributed by atoms with Crippen LogP contribution in [0, 0.1) is 5.92 Å². The number of nitrogens with one attached hydrogen (secondary N) is 1. The van der Waals surface area contributed by atoms with Gasteiger partial charge in [0.1, 0.15) is 12.7 Å². The summed E-state index contributed by atoms with van der Waals surface area (Å²) in [5, 5.41) is 13.9. The molecule has 1 aromatic heterocycles. The summed E-state index contributed by atoms with van der Waals surface area (Å²) in [5.74, 6) is 0.0215. The fourth-order valence-electron chi connectivity index (χ4n) is 3.68. The molecule has 4 rings (SSSR count). The lowest BCUT2D eigenvalue weighted by atomic mass is 9.85. The fraction of sp³-hybridized carbons (Fsp3) is 0.409. The van der Waals surface area contributed by atoms with Crippen molar-refractivity contribution in [1.29, 1.82) is 0 Å². The lowest BCUT2D eigenvalue weighted by Gasteiger charge is -2.38. The van der Waals surface area contributed by atoms with Crippen LogP contribution >= 0.6 is 0 Å². The van der Waals surface area contributed by atoms with E-state index >= 15 is 0 Å². The number of hydrogen-bond acceptors (Lipinski definition) is 5. The van der Waals surface area contributed by atoms with Crippen molar-refractivity contribution in [2.75, 3.05) is 18.5 Å². The molecular weight excluding hydrogens is 370 g/mol. The number of benzene rings is 1. The van der Waals surface area contributed by atoms with E-state index in [-0.39, 0.29) is 30.9 Å². The normalized spacial score (nSPS) is 20.8. The molecule has 2 atom stereocenters. The van der Waals surface area contributed by atoms with E-state index in [1.54, 1.807) is 41.6 Å². The number of hydrogen-bond donors (Lipinski definition) is 2. The third-order valence-corrected chi connectivity index (χ3v) is 5.70. The van der Waals surface area contributed by atoms with Crippen LogP contribution in [0.5, 0.6) is 0 Å². The number of amides is 2. The maximum absolute atomic E-state index is 12.4. The first-order valence-electron chi connectivity index (χ1n) is 9.97. The van der Waals surface area contributed by atoms with Crippen molar-refractivity contribution in [2.24, 2.45) is 5.92 Å². The van der Waals surface area contributed by atoms with Gasteiger partial charge in [0.05, 0.1) is 12.6 Å². The molecule has 152 valence electrons. The molecule has 1 aliphatic heterocycles. The first kappa shape index (κ1) is 19.5.